The maximum Gasteiger partial charge on any atom is 0.223 e. The minimum absolute atomic E-state index is 0.0337. The predicted molar refractivity (Wildman–Crippen MR) is 80.7 cm³/mol. The van der Waals surface area contributed by atoms with E-state index >= 15 is 0 Å². The minimum Gasteiger partial charge on any atom is -0.373 e. The fraction of sp³-hybridized carbons (Fsp3) is 0.533. The van der Waals surface area contributed by atoms with E-state index in [9.17, 15) is 22.0 Å². The molecule has 23 heavy (non-hydrogen) atoms. The zero-order valence-corrected chi connectivity index (χ0v) is 13.6. The highest BCUT2D eigenvalue weighted by molar-refractivity contribution is 7.90. The molecule has 1 unspecified atom stereocenters. The molecule has 8 heteroatoms. The summed E-state index contributed by atoms with van der Waals surface area (Å²) >= 11 is 0. The smallest absolute Gasteiger partial charge is 0.223 e. The lowest BCUT2D eigenvalue weighted by molar-refractivity contribution is -0.137. The molecule has 1 amide bonds. The zero-order chi connectivity index (χ0) is 17.0. The van der Waals surface area contributed by atoms with E-state index in [2.05, 4.69) is 0 Å². The van der Waals surface area contributed by atoms with E-state index in [1.165, 1.54) is 4.90 Å². The second-order valence-corrected chi connectivity index (χ2v) is 7.85. The Morgan fingerprint density at radius 2 is 2.13 bits per heavy atom. The Hall–Kier alpha value is -1.54. The van der Waals surface area contributed by atoms with E-state index in [1.54, 1.807) is 0 Å². The highest BCUT2D eigenvalue weighted by atomic mass is 32.2. The number of amides is 1. The molecule has 1 heterocycles. The summed E-state index contributed by atoms with van der Waals surface area (Å²) < 4.78 is 54.6. The molecule has 1 aromatic rings. The predicted octanol–water partition coefficient (Wildman–Crippen LogP) is 1.17. The van der Waals surface area contributed by atoms with Crippen molar-refractivity contribution in [2.45, 2.75) is 18.9 Å². The fourth-order valence-corrected chi connectivity index (χ4v) is 3.40. The number of carbonyl (C=O) groups is 1. The van der Waals surface area contributed by atoms with Crippen molar-refractivity contribution >= 4 is 15.7 Å². The van der Waals surface area contributed by atoms with Gasteiger partial charge in [-0.15, -0.1) is 0 Å². The summed E-state index contributed by atoms with van der Waals surface area (Å²) in [6, 6.07) is 3.14. The van der Waals surface area contributed by atoms with Crippen molar-refractivity contribution < 1.29 is 26.7 Å². The molecule has 0 saturated carbocycles. The molecule has 1 fully saturated rings. The molecular formula is C15H19F2NO4S. The molecule has 1 aliphatic rings. The van der Waals surface area contributed by atoms with Crippen LogP contribution in [0.25, 0.3) is 0 Å². The first-order valence-corrected chi connectivity index (χ1v) is 9.31. The number of hydrogen-bond donors (Lipinski definition) is 0. The van der Waals surface area contributed by atoms with Gasteiger partial charge in [-0.05, 0) is 30.2 Å². The largest absolute Gasteiger partial charge is 0.373 e. The van der Waals surface area contributed by atoms with Crippen LogP contribution in [0.1, 0.15) is 12.0 Å². The topological polar surface area (TPSA) is 63.7 Å². The second-order valence-electron chi connectivity index (χ2n) is 5.66. The first-order chi connectivity index (χ1) is 10.7. The molecule has 1 aromatic carbocycles. The molecule has 0 bridgehead atoms. The van der Waals surface area contributed by atoms with E-state index in [0.717, 1.165) is 24.5 Å². The molecule has 0 spiro atoms. The van der Waals surface area contributed by atoms with Crippen LogP contribution < -0.4 is 0 Å². The van der Waals surface area contributed by atoms with Crippen LogP contribution in [0.15, 0.2) is 18.2 Å². The summed E-state index contributed by atoms with van der Waals surface area (Å²) in [5.74, 6) is -1.46. The molecule has 1 aliphatic heterocycles. The van der Waals surface area contributed by atoms with Crippen molar-refractivity contribution in [2.24, 2.45) is 0 Å². The summed E-state index contributed by atoms with van der Waals surface area (Å²) in [6.07, 6.45) is 0.695. The van der Waals surface area contributed by atoms with E-state index in [-0.39, 0.29) is 43.2 Å². The number of ether oxygens (including phenoxy) is 1. The Morgan fingerprint density at radius 1 is 1.39 bits per heavy atom. The van der Waals surface area contributed by atoms with Crippen LogP contribution in [0.2, 0.25) is 0 Å². The summed E-state index contributed by atoms with van der Waals surface area (Å²) in [7, 11) is -3.19. The highest BCUT2D eigenvalue weighted by Gasteiger charge is 2.26. The first kappa shape index (κ1) is 17.8. The SMILES string of the molecule is CS(=O)(=O)CC1CN(C(=O)CCc2cc(F)ccc2F)CCO1. The molecule has 1 saturated heterocycles. The van der Waals surface area contributed by atoms with Crippen LogP contribution >= 0.6 is 0 Å². The lowest BCUT2D eigenvalue weighted by atomic mass is 10.1. The lowest BCUT2D eigenvalue weighted by Gasteiger charge is -2.32. The van der Waals surface area contributed by atoms with Crippen molar-refractivity contribution in [1.82, 2.24) is 4.90 Å². The number of halogens is 2. The van der Waals surface area contributed by atoms with Gasteiger partial charge in [-0.25, -0.2) is 17.2 Å². The minimum atomic E-state index is -3.19. The van der Waals surface area contributed by atoms with Crippen molar-refractivity contribution in [1.29, 1.82) is 0 Å². The average molecular weight is 347 g/mol. The number of sulfone groups is 1. The Labute approximate surface area is 134 Å². The van der Waals surface area contributed by atoms with Gasteiger partial charge in [-0.3, -0.25) is 4.79 Å². The summed E-state index contributed by atoms with van der Waals surface area (Å²) in [5, 5.41) is 0. The Morgan fingerprint density at radius 3 is 2.83 bits per heavy atom. The van der Waals surface area contributed by atoms with Gasteiger partial charge in [0.05, 0.1) is 18.5 Å². The molecular weight excluding hydrogens is 328 g/mol. The Bertz CT molecular complexity index is 678. The van der Waals surface area contributed by atoms with Crippen LogP contribution in [-0.4, -0.2) is 57.0 Å². The van der Waals surface area contributed by atoms with Crippen molar-refractivity contribution in [2.75, 3.05) is 31.7 Å². The van der Waals surface area contributed by atoms with Gasteiger partial charge in [0, 0.05) is 25.8 Å². The van der Waals surface area contributed by atoms with Crippen molar-refractivity contribution in [3.63, 3.8) is 0 Å². The fourth-order valence-electron chi connectivity index (χ4n) is 2.52. The quantitative estimate of drug-likeness (QED) is 0.802. The van der Waals surface area contributed by atoms with E-state index in [4.69, 9.17) is 4.74 Å². The van der Waals surface area contributed by atoms with Gasteiger partial charge in [0.1, 0.15) is 21.5 Å². The van der Waals surface area contributed by atoms with Gasteiger partial charge in [0.25, 0.3) is 0 Å². The zero-order valence-electron chi connectivity index (χ0n) is 12.8. The van der Waals surface area contributed by atoms with E-state index < -0.39 is 27.6 Å². The Kier molecular flexibility index (Phi) is 5.69. The maximum absolute atomic E-state index is 13.5. The third kappa shape index (κ3) is 5.54. The summed E-state index contributed by atoms with van der Waals surface area (Å²) in [5.41, 5.74) is 0.152. The maximum atomic E-state index is 13.5. The normalized spacial score (nSPS) is 18.9. The van der Waals surface area contributed by atoms with Crippen molar-refractivity contribution in [3.05, 3.63) is 35.4 Å². The highest BCUT2D eigenvalue weighted by Crippen LogP contribution is 2.14. The number of morpholine rings is 1. The number of hydrogen-bond acceptors (Lipinski definition) is 4. The van der Waals surface area contributed by atoms with Crippen LogP contribution in [-0.2, 0) is 25.8 Å². The van der Waals surface area contributed by atoms with Gasteiger partial charge in [0.15, 0.2) is 0 Å². The van der Waals surface area contributed by atoms with Crippen LogP contribution in [0.4, 0.5) is 8.78 Å². The summed E-state index contributed by atoms with van der Waals surface area (Å²) in [6.45, 7) is 0.822. The Balaban J connectivity index is 1.91. The second kappa shape index (κ2) is 7.35. The molecule has 128 valence electrons. The van der Waals surface area contributed by atoms with Gasteiger partial charge < -0.3 is 9.64 Å². The standard InChI is InChI=1S/C15H19F2NO4S/c1-23(20,21)10-13-9-18(6-7-22-13)15(19)5-2-11-8-12(16)3-4-14(11)17/h3-4,8,13H,2,5-7,9-10H2,1H3. The average Bonchev–Trinajstić information content (AvgIpc) is 2.46. The van der Waals surface area contributed by atoms with Gasteiger partial charge in [0.2, 0.25) is 5.91 Å². The molecule has 1 atom stereocenters. The van der Waals surface area contributed by atoms with E-state index in [1.807, 2.05) is 0 Å². The molecule has 0 radical (unpaired) electrons. The number of nitrogens with zero attached hydrogens (tertiary/aromatic N) is 1. The van der Waals surface area contributed by atoms with Crippen LogP contribution in [0, 0.1) is 11.6 Å². The van der Waals surface area contributed by atoms with Crippen LogP contribution in [0.5, 0.6) is 0 Å². The van der Waals surface area contributed by atoms with E-state index in [0.29, 0.717) is 6.54 Å². The monoisotopic (exact) mass is 347 g/mol. The summed E-state index contributed by atoms with van der Waals surface area (Å²) in [4.78, 5) is 13.7. The third-order valence-electron chi connectivity index (χ3n) is 3.60. The van der Waals surface area contributed by atoms with Crippen molar-refractivity contribution in [3.8, 4) is 0 Å². The van der Waals surface area contributed by atoms with Gasteiger partial charge >= 0.3 is 0 Å². The van der Waals surface area contributed by atoms with Gasteiger partial charge in [-0.1, -0.05) is 0 Å². The lowest BCUT2D eigenvalue weighted by Crippen LogP contribution is -2.47. The number of carbonyl (C=O) groups excluding carboxylic acids is 1. The number of rotatable bonds is 5. The molecule has 2 rings (SSSR count). The number of benzene rings is 1. The van der Waals surface area contributed by atoms with Crippen LogP contribution in [0.3, 0.4) is 0 Å². The molecule has 0 aliphatic carbocycles. The third-order valence-corrected chi connectivity index (χ3v) is 4.57. The molecule has 0 aromatic heterocycles. The first-order valence-electron chi connectivity index (χ1n) is 7.25. The molecule has 5 nitrogen and oxygen atoms in total. The van der Waals surface area contributed by atoms with Gasteiger partial charge in [-0.2, -0.15) is 0 Å². The number of aryl methyl sites for hydroxylation is 1. The molecule has 0 N–H and O–H groups in total.